The molecule has 7 nitrogen and oxygen atoms in total. The molecule has 3 rings (SSSR count). The minimum absolute atomic E-state index is 0. The predicted molar refractivity (Wildman–Crippen MR) is 135 cm³/mol. The van der Waals surface area contributed by atoms with Crippen molar-refractivity contribution in [3.05, 3.63) is 30.3 Å². The van der Waals surface area contributed by atoms with Crippen molar-refractivity contribution in [3.63, 3.8) is 0 Å². The number of carbonyl (C=O) groups excluding carboxylic acids is 1. The van der Waals surface area contributed by atoms with Crippen LogP contribution in [0.4, 0.5) is 5.69 Å². The molecule has 168 valence electrons. The van der Waals surface area contributed by atoms with E-state index in [2.05, 4.69) is 57.3 Å². The first-order chi connectivity index (χ1) is 14.2. The molecule has 1 amide bonds. The smallest absolute Gasteiger partial charge is 0.219 e. The third kappa shape index (κ3) is 7.30. The lowest BCUT2D eigenvalue weighted by molar-refractivity contribution is -0.130. The van der Waals surface area contributed by atoms with E-state index >= 15 is 0 Å². The van der Waals surface area contributed by atoms with E-state index in [-0.39, 0.29) is 29.9 Å². The van der Waals surface area contributed by atoms with Gasteiger partial charge in [-0.1, -0.05) is 18.2 Å². The minimum atomic E-state index is 0. The molecular weight excluding hydrogens is 491 g/mol. The summed E-state index contributed by atoms with van der Waals surface area (Å²) in [5.74, 6) is 1.16. The van der Waals surface area contributed by atoms with Crippen molar-refractivity contribution in [1.82, 2.24) is 20.0 Å². The van der Waals surface area contributed by atoms with Crippen molar-refractivity contribution in [2.24, 2.45) is 4.99 Å². The molecule has 2 aliphatic heterocycles. The summed E-state index contributed by atoms with van der Waals surface area (Å²) in [6, 6.07) is 10.7. The monoisotopic (exact) mass is 528 g/mol. The second-order valence-corrected chi connectivity index (χ2v) is 7.75. The summed E-state index contributed by atoms with van der Waals surface area (Å²) in [4.78, 5) is 25.6. The van der Waals surface area contributed by atoms with Crippen molar-refractivity contribution in [2.75, 3.05) is 76.9 Å². The Morgan fingerprint density at radius 1 is 0.967 bits per heavy atom. The topological polar surface area (TPSA) is 54.4 Å². The second-order valence-electron chi connectivity index (χ2n) is 7.75. The molecular formula is C22H37IN6O. The normalized spacial score (nSPS) is 18.2. The zero-order valence-electron chi connectivity index (χ0n) is 18.4. The van der Waals surface area contributed by atoms with Gasteiger partial charge >= 0.3 is 0 Å². The summed E-state index contributed by atoms with van der Waals surface area (Å²) in [5, 5.41) is 3.41. The molecule has 1 aromatic carbocycles. The van der Waals surface area contributed by atoms with Crippen LogP contribution < -0.4 is 10.2 Å². The Morgan fingerprint density at radius 2 is 1.60 bits per heavy atom. The number of nitrogens with zero attached hydrogens (tertiary/aromatic N) is 5. The first kappa shape index (κ1) is 24.7. The number of carbonyl (C=O) groups is 1. The molecule has 0 atom stereocenters. The lowest BCUT2D eigenvalue weighted by Gasteiger charge is -2.36. The van der Waals surface area contributed by atoms with Gasteiger partial charge in [-0.15, -0.1) is 24.0 Å². The highest BCUT2D eigenvalue weighted by molar-refractivity contribution is 14.0. The lowest BCUT2D eigenvalue weighted by Crippen LogP contribution is -2.53. The second kappa shape index (κ2) is 13.0. The molecule has 2 saturated heterocycles. The maximum absolute atomic E-state index is 11.5. The van der Waals surface area contributed by atoms with Gasteiger partial charge in [-0.25, -0.2) is 0 Å². The number of hydrogen-bond acceptors (Lipinski definition) is 4. The Balaban J connectivity index is 0.00000320. The van der Waals surface area contributed by atoms with Crippen molar-refractivity contribution in [1.29, 1.82) is 0 Å². The zero-order chi connectivity index (χ0) is 20.5. The fourth-order valence-electron chi connectivity index (χ4n) is 4.01. The van der Waals surface area contributed by atoms with E-state index in [9.17, 15) is 4.79 Å². The van der Waals surface area contributed by atoms with Crippen molar-refractivity contribution in [3.8, 4) is 0 Å². The van der Waals surface area contributed by atoms with E-state index in [1.54, 1.807) is 6.92 Å². The number of halogens is 1. The average Bonchev–Trinajstić information content (AvgIpc) is 2.77. The van der Waals surface area contributed by atoms with Gasteiger partial charge in [0.05, 0.1) is 0 Å². The van der Waals surface area contributed by atoms with Gasteiger partial charge < -0.3 is 20.0 Å². The van der Waals surface area contributed by atoms with Crippen LogP contribution in [-0.4, -0.2) is 98.6 Å². The summed E-state index contributed by atoms with van der Waals surface area (Å²) < 4.78 is 0. The Morgan fingerprint density at radius 3 is 2.20 bits per heavy atom. The first-order valence-electron chi connectivity index (χ1n) is 11.0. The van der Waals surface area contributed by atoms with Crippen LogP contribution in [0.5, 0.6) is 0 Å². The fraction of sp³-hybridized carbons (Fsp3) is 0.636. The number of hydrogen-bond donors (Lipinski definition) is 1. The van der Waals surface area contributed by atoms with E-state index in [1.807, 2.05) is 4.90 Å². The van der Waals surface area contributed by atoms with E-state index in [0.717, 1.165) is 84.4 Å². The molecule has 2 fully saturated rings. The molecule has 0 radical (unpaired) electrons. The summed E-state index contributed by atoms with van der Waals surface area (Å²) in [6.45, 7) is 14.3. The highest BCUT2D eigenvalue weighted by Crippen LogP contribution is 2.15. The van der Waals surface area contributed by atoms with Gasteiger partial charge in [0.25, 0.3) is 0 Å². The first-order valence-corrected chi connectivity index (χ1v) is 11.0. The van der Waals surface area contributed by atoms with Gasteiger partial charge in [-0.3, -0.25) is 14.7 Å². The van der Waals surface area contributed by atoms with Gasteiger partial charge in [-0.2, -0.15) is 0 Å². The molecule has 0 aromatic heterocycles. The molecule has 2 aliphatic rings. The van der Waals surface area contributed by atoms with Crippen LogP contribution in [0.25, 0.3) is 0 Å². The highest BCUT2D eigenvalue weighted by Gasteiger charge is 2.21. The molecule has 30 heavy (non-hydrogen) atoms. The summed E-state index contributed by atoms with van der Waals surface area (Å²) >= 11 is 0. The van der Waals surface area contributed by atoms with Crippen molar-refractivity contribution < 1.29 is 4.79 Å². The van der Waals surface area contributed by atoms with Crippen LogP contribution >= 0.6 is 24.0 Å². The molecule has 8 heteroatoms. The Kier molecular flexibility index (Phi) is 10.7. The van der Waals surface area contributed by atoms with Gasteiger partial charge in [-0.05, 0) is 25.5 Å². The molecule has 0 spiro atoms. The van der Waals surface area contributed by atoms with Crippen LogP contribution in [0.15, 0.2) is 35.3 Å². The van der Waals surface area contributed by atoms with Gasteiger partial charge in [0.15, 0.2) is 5.96 Å². The van der Waals surface area contributed by atoms with Crippen LogP contribution in [0.3, 0.4) is 0 Å². The minimum Gasteiger partial charge on any atom is -0.369 e. The predicted octanol–water partition coefficient (Wildman–Crippen LogP) is 1.95. The van der Waals surface area contributed by atoms with Crippen LogP contribution in [-0.2, 0) is 4.79 Å². The van der Waals surface area contributed by atoms with E-state index in [0.29, 0.717) is 0 Å². The van der Waals surface area contributed by atoms with Gasteiger partial charge in [0.2, 0.25) is 5.91 Å². The molecule has 0 unspecified atom stereocenters. The van der Waals surface area contributed by atoms with E-state index < -0.39 is 0 Å². The number of rotatable bonds is 6. The lowest BCUT2D eigenvalue weighted by atomic mass is 10.2. The molecule has 1 N–H and O–H groups in total. The summed E-state index contributed by atoms with van der Waals surface area (Å²) in [5.41, 5.74) is 1.33. The van der Waals surface area contributed by atoms with Crippen molar-refractivity contribution in [2.45, 2.75) is 20.3 Å². The zero-order valence-corrected chi connectivity index (χ0v) is 20.8. The maximum Gasteiger partial charge on any atom is 0.219 e. The Labute approximate surface area is 198 Å². The number of aliphatic imine (C=N–C) groups is 1. The Bertz CT molecular complexity index is 655. The largest absolute Gasteiger partial charge is 0.369 e. The van der Waals surface area contributed by atoms with Crippen LogP contribution in [0.1, 0.15) is 20.3 Å². The highest BCUT2D eigenvalue weighted by atomic mass is 127. The van der Waals surface area contributed by atoms with Gasteiger partial charge in [0, 0.05) is 84.6 Å². The quantitative estimate of drug-likeness (QED) is 0.265. The van der Waals surface area contributed by atoms with Crippen LogP contribution in [0, 0.1) is 0 Å². The maximum atomic E-state index is 11.5. The van der Waals surface area contributed by atoms with E-state index in [4.69, 9.17) is 4.99 Å². The number of nitrogens with one attached hydrogen (secondary N) is 1. The Hall–Kier alpha value is -1.55. The summed E-state index contributed by atoms with van der Waals surface area (Å²) in [7, 11) is 0. The van der Waals surface area contributed by atoms with Crippen molar-refractivity contribution >= 4 is 41.5 Å². The molecule has 0 bridgehead atoms. The third-order valence-corrected chi connectivity index (χ3v) is 5.75. The number of piperazine rings is 2. The SMILES string of the molecule is CCNC(=NCCCN1CCN(c2ccccc2)CC1)N1CCN(C(C)=O)CC1.I. The fourth-order valence-corrected chi connectivity index (χ4v) is 4.01. The van der Waals surface area contributed by atoms with E-state index in [1.165, 1.54) is 5.69 Å². The third-order valence-electron chi connectivity index (χ3n) is 5.75. The molecule has 0 saturated carbocycles. The number of benzene rings is 1. The number of guanidine groups is 1. The molecule has 2 heterocycles. The molecule has 1 aromatic rings. The number of para-hydroxylation sites is 1. The van der Waals surface area contributed by atoms with Gasteiger partial charge in [0.1, 0.15) is 0 Å². The number of anilines is 1. The van der Waals surface area contributed by atoms with Crippen LogP contribution in [0.2, 0.25) is 0 Å². The average molecular weight is 528 g/mol. The number of amides is 1. The summed E-state index contributed by atoms with van der Waals surface area (Å²) in [6.07, 6.45) is 1.08. The standard InChI is InChI=1S/C22H36N6O.HI/c1-3-23-22(28-18-16-26(17-19-28)20(2)29)24-10-7-11-25-12-14-27(15-13-25)21-8-5-4-6-9-21;/h4-6,8-9H,3,7,10-19H2,1-2H3,(H,23,24);1H. The molecule has 0 aliphatic carbocycles.